The fraction of sp³-hybridized carbons (Fsp3) is 0. The van der Waals surface area contributed by atoms with Gasteiger partial charge in [0, 0.05) is 11.8 Å². The molecule has 0 spiro atoms. The molecular formula is Cl4PS. The lowest BCUT2D eigenvalue weighted by atomic mass is 30.4. The summed E-state index contributed by atoms with van der Waals surface area (Å²) in [4.78, 5) is 0. The SMILES string of the molecule is ClP(Cl)Cl.[S]Cl. The summed E-state index contributed by atoms with van der Waals surface area (Å²) >= 11 is 18.2. The summed E-state index contributed by atoms with van der Waals surface area (Å²) in [6, 6.07) is 0. The summed E-state index contributed by atoms with van der Waals surface area (Å²) in [5.74, 6) is -1.20. The minimum atomic E-state index is -1.20. The average Bonchev–Trinajstić information content (AvgIpc) is 1.41. The van der Waals surface area contributed by atoms with Crippen molar-refractivity contribution in [3.05, 3.63) is 0 Å². The Morgan fingerprint density at radius 3 is 1.00 bits per heavy atom. The second-order valence-electron chi connectivity index (χ2n) is 0.192. The third-order valence-corrected chi connectivity index (χ3v) is 0. The molecule has 0 rings (SSSR count). The first-order chi connectivity index (χ1) is 2.73. The van der Waals surface area contributed by atoms with Gasteiger partial charge in [-0.3, -0.25) is 0 Å². The van der Waals surface area contributed by atoms with Crippen molar-refractivity contribution in [1.82, 2.24) is 0 Å². The highest BCUT2D eigenvalue weighted by molar-refractivity contribution is 8.20. The van der Waals surface area contributed by atoms with Gasteiger partial charge >= 0.3 is 0 Å². The van der Waals surface area contributed by atoms with E-state index in [-0.39, 0.29) is 0 Å². The van der Waals surface area contributed by atoms with Crippen LogP contribution >= 0.6 is 62.2 Å². The van der Waals surface area contributed by atoms with E-state index >= 15 is 0 Å². The van der Waals surface area contributed by atoms with Crippen LogP contribution in [0.15, 0.2) is 0 Å². The van der Waals surface area contributed by atoms with Crippen molar-refractivity contribution >= 4 is 62.2 Å². The monoisotopic (exact) mass is 203 g/mol. The van der Waals surface area contributed by atoms with Crippen LogP contribution in [-0.4, -0.2) is 0 Å². The Morgan fingerprint density at radius 2 is 1.00 bits per heavy atom. The standard InChI is InChI=1S/Cl3P.ClS/c1-4(2)3;1-2. The van der Waals surface area contributed by atoms with Gasteiger partial charge in [-0.1, -0.05) is 33.7 Å². The molecule has 0 fully saturated rings. The van der Waals surface area contributed by atoms with Crippen LogP contribution in [0.25, 0.3) is 0 Å². The van der Waals surface area contributed by atoms with Gasteiger partial charge in [-0.05, 0) is 10.7 Å². The molecule has 0 nitrogen and oxygen atoms in total. The smallest absolute Gasteiger partial charge is 0.0596 e. The van der Waals surface area contributed by atoms with Gasteiger partial charge in [0.15, 0.2) is 5.98 Å². The molecular weight excluding hydrogens is 205 g/mol. The van der Waals surface area contributed by atoms with Gasteiger partial charge in [0.1, 0.15) is 0 Å². The highest BCUT2D eigenvalue weighted by atomic mass is 36.0. The predicted octanol–water partition coefficient (Wildman–Crippen LogP) is 4.27. The Morgan fingerprint density at radius 1 is 1.00 bits per heavy atom. The summed E-state index contributed by atoms with van der Waals surface area (Å²) in [6.07, 6.45) is 0. The van der Waals surface area contributed by atoms with E-state index in [0.717, 1.165) is 0 Å². The minimum Gasteiger partial charge on any atom is -0.0596 e. The van der Waals surface area contributed by atoms with Crippen LogP contribution < -0.4 is 0 Å². The third kappa shape index (κ3) is 38.5. The minimum absolute atomic E-state index is 1.20. The maximum absolute atomic E-state index is 4.87. The van der Waals surface area contributed by atoms with Crippen LogP contribution in [0.1, 0.15) is 0 Å². The normalized spacial score (nSPS) is 7.00. The molecule has 39 valence electrons. The second kappa shape index (κ2) is 10.0. The predicted molar refractivity (Wildman–Crippen MR) is 37.9 cm³/mol. The van der Waals surface area contributed by atoms with Crippen LogP contribution in [0.5, 0.6) is 0 Å². The van der Waals surface area contributed by atoms with Crippen LogP contribution in [0.3, 0.4) is 0 Å². The summed E-state index contributed by atoms with van der Waals surface area (Å²) in [7, 11) is 4.22. The maximum Gasteiger partial charge on any atom is 0.179 e. The molecule has 0 saturated heterocycles. The van der Waals surface area contributed by atoms with Gasteiger partial charge in [-0.15, -0.1) is 0 Å². The van der Waals surface area contributed by atoms with Gasteiger partial charge in [0.2, 0.25) is 0 Å². The first kappa shape index (κ1) is 10.8. The molecule has 0 bridgehead atoms. The van der Waals surface area contributed by atoms with Crippen LogP contribution in [-0.2, 0) is 0 Å². The summed E-state index contributed by atoms with van der Waals surface area (Å²) in [6.45, 7) is 0. The molecule has 1 radical (unpaired) electrons. The van der Waals surface area contributed by atoms with Gasteiger partial charge in [0.05, 0.1) is 0 Å². The Bertz CT molecular complexity index is 12.3. The number of halogens is 4. The lowest BCUT2D eigenvalue weighted by Crippen LogP contribution is -0.958. The van der Waals surface area contributed by atoms with E-state index < -0.39 is 5.98 Å². The van der Waals surface area contributed by atoms with Gasteiger partial charge < -0.3 is 0 Å². The summed E-state index contributed by atoms with van der Waals surface area (Å²) in [5.41, 5.74) is 0. The van der Waals surface area contributed by atoms with E-state index in [0.29, 0.717) is 0 Å². The molecule has 0 saturated carbocycles. The Hall–Kier alpha value is 1.94. The molecule has 0 N–H and O–H groups in total. The fourth-order valence-electron chi connectivity index (χ4n) is 0. The molecule has 0 heterocycles. The molecule has 0 amide bonds. The average molecular weight is 205 g/mol. The molecule has 0 aliphatic carbocycles. The molecule has 0 aliphatic rings. The summed E-state index contributed by atoms with van der Waals surface area (Å²) in [5, 5.41) is 0. The van der Waals surface area contributed by atoms with Crippen molar-refractivity contribution < 1.29 is 0 Å². The number of rotatable bonds is 0. The zero-order chi connectivity index (χ0) is 5.58. The first-order valence-corrected chi connectivity index (χ1v) is 5.95. The topological polar surface area (TPSA) is 0 Å². The van der Waals surface area contributed by atoms with E-state index in [1.807, 2.05) is 0 Å². The van der Waals surface area contributed by atoms with Crippen LogP contribution in [0, 0.1) is 0 Å². The zero-order valence-corrected chi connectivity index (χ0v) is 7.10. The van der Waals surface area contributed by atoms with Crippen molar-refractivity contribution in [2.24, 2.45) is 0 Å². The summed E-state index contributed by atoms with van der Waals surface area (Å²) < 4.78 is 0. The largest absolute Gasteiger partial charge is 0.179 e. The lowest BCUT2D eigenvalue weighted by molar-refractivity contribution is 4.58. The molecule has 0 aromatic heterocycles. The van der Waals surface area contributed by atoms with E-state index in [4.69, 9.17) is 33.7 Å². The zero-order valence-electron chi connectivity index (χ0n) is 2.37. The highest BCUT2D eigenvalue weighted by Gasteiger charge is 1.80. The quantitative estimate of drug-likeness (QED) is 0.518. The van der Waals surface area contributed by atoms with Crippen molar-refractivity contribution in [3.8, 4) is 0 Å². The van der Waals surface area contributed by atoms with Gasteiger partial charge in [-0.25, -0.2) is 0 Å². The van der Waals surface area contributed by atoms with Gasteiger partial charge in [-0.2, -0.15) is 0 Å². The molecule has 0 aliphatic heterocycles. The highest BCUT2D eigenvalue weighted by Crippen LogP contribution is 2.51. The molecule has 6 heavy (non-hydrogen) atoms. The number of hydrogen-bond donors (Lipinski definition) is 0. The molecule has 0 atom stereocenters. The maximum atomic E-state index is 4.87. The van der Waals surface area contributed by atoms with Crippen LogP contribution in [0.4, 0.5) is 0 Å². The Labute approximate surface area is 62.1 Å². The lowest BCUT2D eigenvalue weighted by Gasteiger charge is -1.68. The Balaban J connectivity index is 0. The van der Waals surface area contributed by atoms with Crippen molar-refractivity contribution in [2.45, 2.75) is 0 Å². The first-order valence-electron chi connectivity index (χ1n) is 0.661. The molecule has 0 aromatic rings. The number of hydrogen-bond acceptors (Lipinski definition) is 0. The van der Waals surface area contributed by atoms with Crippen molar-refractivity contribution in [3.63, 3.8) is 0 Å². The third-order valence-electron chi connectivity index (χ3n) is 0. The van der Waals surface area contributed by atoms with E-state index in [9.17, 15) is 0 Å². The molecule has 6 heteroatoms. The van der Waals surface area contributed by atoms with Crippen molar-refractivity contribution in [1.29, 1.82) is 0 Å². The van der Waals surface area contributed by atoms with Crippen molar-refractivity contribution in [2.75, 3.05) is 0 Å². The van der Waals surface area contributed by atoms with Gasteiger partial charge in [0.25, 0.3) is 0 Å². The van der Waals surface area contributed by atoms with E-state index in [2.05, 4.69) is 22.5 Å². The van der Waals surface area contributed by atoms with E-state index in [1.165, 1.54) is 0 Å². The fourth-order valence-corrected chi connectivity index (χ4v) is 0. The van der Waals surface area contributed by atoms with Crippen LogP contribution in [0.2, 0.25) is 0 Å². The Kier molecular flexibility index (Phi) is 18.1. The second-order valence-corrected chi connectivity index (χ2v) is 5.17. The van der Waals surface area contributed by atoms with E-state index in [1.54, 1.807) is 0 Å². The molecule has 0 unspecified atom stereocenters. The molecule has 0 aromatic carbocycles.